The summed E-state index contributed by atoms with van der Waals surface area (Å²) in [5, 5.41) is 12.5. The Bertz CT molecular complexity index is 673. The van der Waals surface area contributed by atoms with Crippen LogP contribution in [0.4, 0.5) is 16.2 Å². The van der Waals surface area contributed by atoms with Gasteiger partial charge in [0, 0.05) is 5.69 Å². The van der Waals surface area contributed by atoms with Gasteiger partial charge in [0.1, 0.15) is 0 Å². The zero-order valence-corrected chi connectivity index (χ0v) is 12.7. The highest BCUT2D eigenvalue weighted by Crippen LogP contribution is 2.22. The number of esters is 1. The second-order valence-corrected chi connectivity index (χ2v) is 4.65. The van der Waals surface area contributed by atoms with E-state index in [4.69, 9.17) is 4.74 Å². The standard InChI is InChI=1S/C17H18N2O4/c1-2-23-16(20)14-10-6-7-11-15(14)19(17(21)22)12-18-13-8-4-3-5-9-13/h3-11,18H,2,12H2,1H3,(H,21,22). The maximum absolute atomic E-state index is 12.0. The molecule has 2 N–H and O–H groups in total. The highest BCUT2D eigenvalue weighted by molar-refractivity contribution is 6.00. The van der Waals surface area contributed by atoms with E-state index < -0.39 is 12.1 Å². The Balaban J connectivity index is 2.24. The van der Waals surface area contributed by atoms with E-state index in [0.29, 0.717) is 0 Å². The number of rotatable bonds is 6. The SMILES string of the molecule is CCOC(=O)c1ccccc1N(CNc1ccccc1)C(=O)O. The molecule has 0 fully saturated rings. The third-order valence-corrected chi connectivity index (χ3v) is 3.14. The van der Waals surface area contributed by atoms with Crippen molar-refractivity contribution in [3.05, 3.63) is 60.2 Å². The largest absolute Gasteiger partial charge is 0.465 e. The van der Waals surface area contributed by atoms with Crippen LogP contribution in [0.2, 0.25) is 0 Å². The van der Waals surface area contributed by atoms with Gasteiger partial charge in [-0.25, -0.2) is 9.59 Å². The number of nitrogens with zero attached hydrogens (tertiary/aromatic N) is 1. The van der Waals surface area contributed by atoms with Crippen LogP contribution in [0.25, 0.3) is 0 Å². The first-order chi connectivity index (χ1) is 11.1. The summed E-state index contributed by atoms with van der Waals surface area (Å²) in [6, 6.07) is 15.7. The average molecular weight is 314 g/mol. The summed E-state index contributed by atoms with van der Waals surface area (Å²) in [7, 11) is 0. The van der Waals surface area contributed by atoms with Gasteiger partial charge in [0.2, 0.25) is 0 Å². The highest BCUT2D eigenvalue weighted by Gasteiger charge is 2.21. The van der Waals surface area contributed by atoms with Crippen molar-refractivity contribution in [2.45, 2.75) is 6.92 Å². The first-order valence-electron chi connectivity index (χ1n) is 7.19. The number of carbonyl (C=O) groups excluding carboxylic acids is 1. The number of carboxylic acid groups (broad SMARTS) is 1. The Morgan fingerprint density at radius 2 is 1.74 bits per heavy atom. The summed E-state index contributed by atoms with van der Waals surface area (Å²) < 4.78 is 4.98. The molecule has 0 aliphatic heterocycles. The van der Waals surface area contributed by atoms with Gasteiger partial charge in [0.15, 0.2) is 0 Å². The summed E-state index contributed by atoms with van der Waals surface area (Å²) in [6.07, 6.45) is -1.16. The lowest BCUT2D eigenvalue weighted by Gasteiger charge is -2.22. The average Bonchev–Trinajstić information content (AvgIpc) is 2.56. The topological polar surface area (TPSA) is 78.9 Å². The molecule has 0 saturated carbocycles. The lowest BCUT2D eigenvalue weighted by atomic mass is 10.1. The highest BCUT2D eigenvalue weighted by atomic mass is 16.5. The van der Waals surface area contributed by atoms with E-state index in [1.807, 2.05) is 30.3 Å². The molecule has 0 bridgehead atoms. The lowest BCUT2D eigenvalue weighted by Crippen LogP contribution is -2.35. The Morgan fingerprint density at radius 1 is 1.09 bits per heavy atom. The molecule has 23 heavy (non-hydrogen) atoms. The van der Waals surface area contributed by atoms with Crippen LogP contribution >= 0.6 is 0 Å². The predicted molar refractivity (Wildman–Crippen MR) is 87.8 cm³/mol. The van der Waals surface area contributed by atoms with Crippen molar-refractivity contribution in [2.24, 2.45) is 0 Å². The van der Waals surface area contributed by atoms with Crippen LogP contribution < -0.4 is 10.2 Å². The molecule has 0 spiro atoms. The Kier molecular flexibility index (Phi) is 5.57. The van der Waals surface area contributed by atoms with Gasteiger partial charge in [0.25, 0.3) is 0 Å². The number of amides is 1. The number of para-hydroxylation sites is 2. The smallest absolute Gasteiger partial charge is 0.413 e. The minimum atomic E-state index is -1.16. The van der Waals surface area contributed by atoms with Gasteiger partial charge in [-0.3, -0.25) is 4.90 Å². The lowest BCUT2D eigenvalue weighted by molar-refractivity contribution is 0.0527. The van der Waals surface area contributed by atoms with Crippen molar-refractivity contribution >= 4 is 23.4 Å². The third kappa shape index (κ3) is 4.23. The first kappa shape index (κ1) is 16.4. The number of anilines is 2. The number of nitrogens with one attached hydrogen (secondary N) is 1. The zero-order valence-electron chi connectivity index (χ0n) is 12.7. The van der Waals surface area contributed by atoms with E-state index in [-0.39, 0.29) is 24.5 Å². The normalized spacial score (nSPS) is 9.96. The van der Waals surface area contributed by atoms with Crippen molar-refractivity contribution in [3.63, 3.8) is 0 Å². The van der Waals surface area contributed by atoms with Crippen LogP contribution in [0.1, 0.15) is 17.3 Å². The number of hydrogen-bond acceptors (Lipinski definition) is 4. The molecule has 0 atom stereocenters. The number of carbonyl (C=O) groups is 2. The van der Waals surface area contributed by atoms with Crippen molar-refractivity contribution < 1.29 is 19.4 Å². The maximum atomic E-state index is 12.0. The zero-order chi connectivity index (χ0) is 16.7. The number of ether oxygens (including phenoxy) is 1. The molecule has 2 aromatic rings. The van der Waals surface area contributed by atoms with Gasteiger partial charge in [-0.05, 0) is 31.2 Å². The van der Waals surface area contributed by atoms with E-state index in [9.17, 15) is 14.7 Å². The molecular weight excluding hydrogens is 296 g/mol. The van der Waals surface area contributed by atoms with Crippen LogP contribution in [0.15, 0.2) is 54.6 Å². The molecule has 6 heteroatoms. The van der Waals surface area contributed by atoms with Gasteiger partial charge in [-0.15, -0.1) is 0 Å². The van der Waals surface area contributed by atoms with E-state index >= 15 is 0 Å². The first-order valence-corrected chi connectivity index (χ1v) is 7.19. The van der Waals surface area contributed by atoms with Gasteiger partial charge in [-0.1, -0.05) is 30.3 Å². The summed E-state index contributed by atoms with van der Waals surface area (Å²) >= 11 is 0. The molecule has 120 valence electrons. The van der Waals surface area contributed by atoms with Crippen molar-refractivity contribution in [2.75, 3.05) is 23.5 Å². The fourth-order valence-corrected chi connectivity index (χ4v) is 2.07. The molecule has 0 aliphatic rings. The second-order valence-electron chi connectivity index (χ2n) is 4.65. The second kappa shape index (κ2) is 7.84. The number of benzene rings is 2. The van der Waals surface area contributed by atoms with Crippen LogP contribution in [0.3, 0.4) is 0 Å². The van der Waals surface area contributed by atoms with Crippen LogP contribution in [-0.4, -0.2) is 30.4 Å². The third-order valence-electron chi connectivity index (χ3n) is 3.14. The molecule has 0 saturated heterocycles. The minimum Gasteiger partial charge on any atom is -0.465 e. The van der Waals surface area contributed by atoms with Gasteiger partial charge in [0.05, 0.1) is 24.5 Å². The van der Waals surface area contributed by atoms with E-state index in [1.54, 1.807) is 31.2 Å². The Hall–Kier alpha value is -3.02. The minimum absolute atomic E-state index is 0.00969. The molecule has 1 amide bonds. The van der Waals surface area contributed by atoms with E-state index in [2.05, 4.69) is 5.32 Å². The van der Waals surface area contributed by atoms with Crippen LogP contribution in [-0.2, 0) is 4.74 Å². The summed E-state index contributed by atoms with van der Waals surface area (Å²) in [4.78, 5) is 24.7. The fourth-order valence-electron chi connectivity index (χ4n) is 2.07. The molecule has 0 aliphatic carbocycles. The van der Waals surface area contributed by atoms with Gasteiger partial charge in [-0.2, -0.15) is 0 Å². The fraction of sp³-hybridized carbons (Fsp3) is 0.176. The summed E-state index contributed by atoms with van der Waals surface area (Å²) in [6.45, 7) is 1.94. The monoisotopic (exact) mass is 314 g/mol. The Labute approximate surface area is 134 Å². The molecule has 0 unspecified atom stereocenters. The van der Waals surface area contributed by atoms with Crippen LogP contribution in [0.5, 0.6) is 0 Å². The summed E-state index contributed by atoms with van der Waals surface area (Å²) in [5.74, 6) is -0.547. The molecule has 6 nitrogen and oxygen atoms in total. The molecule has 2 aromatic carbocycles. The quantitative estimate of drug-likeness (QED) is 0.631. The molecule has 0 heterocycles. The summed E-state index contributed by atoms with van der Waals surface area (Å²) in [5.41, 5.74) is 1.28. The Morgan fingerprint density at radius 3 is 2.39 bits per heavy atom. The van der Waals surface area contributed by atoms with E-state index in [1.165, 1.54) is 0 Å². The van der Waals surface area contributed by atoms with Gasteiger partial charge < -0.3 is 15.2 Å². The van der Waals surface area contributed by atoms with E-state index in [0.717, 1.165) is 10.6 Å². The molecule has 2 rings (SSSR count). The molecule has 0 radical (unpaired) electrons. The number of hydrogen-bond donors (Lipinski definition) is 2. The van der Waals surface area contributed by atoms with Crippen molar-refractivity contribution in [3.8, 4) is 0 Å². The van der Waals surface area contributed by atoms with Crippen LogP contribution in [0, 0.1) is 0 Å². The molecule has 0 aromatic heterocycles. The van der Waals surface area contributed by atoms with Crippen molar-refractivity contribution in [1.29, 1.82) is 0 Å². The molecular formula is C17H18N2O4. The van der Waals surface area contributed by atoms with Gasteiger partial charge >= 0.3 is 12.1 Å². The predicted octanol–water partition coefficient (Wildman–Crippen LogP) is 3.42. The van der Waals surface area contributed by atoms with Crippen molar-refractivity contribution in [1.82, 2.24) is 0 Å². The maximum Gasteiger partial charge on any atom is 0.413 e.